The van der Waals surface area contributed by atoms with Gasteiger partial charge in [-0.05, 0) is 12.8 Å². The van der Waals surface area contributed by atoms with Crippen molar-refractivity contribution in [2.24, 2.45) is 0 Å². The Labute approximate surface area is 88.6 Å². The molecule has 0 bridgehead atoms. The van der Waals surface area contributed by atoms with Crippen molar-refractivity contribution in [2.45, 2.75) is 25.8 Å². The van der Waals surface area contributed by atoms with Crippen molar-refractivity contribution in [2.75, 3.05) is 19.0 Å². The molecule has 1 saturated heterocycles. The monoisotopic (exact) mass is 218 g/mol. The minimum Gasteiger partial charge on any atom is -0.352 e. The number of rotatable bonds is 2. The molecule has 1 heterocycles. The number of hydrogen-bond acceptors (Lipinski definition) is 2. The molecule has 1 aliphatic heterocycles. The topological polar surface area (TPSA) is 49.4 Å². The molecule has 1 rings (SSSR count). The van der Waals surface area contributed by atoms with Gasteiger partial charge in [0.2, 0.25) is 11.8 Å². The fraction of sp³-hybridized carbons (Fsp3) is 0.778. The maximum atomic E-state index is 11.3. The van der Waals surface area contributed by atoms with Crippen LogP contribution in [0.4, 0.5) is 0 Å². The van der Waals surface area contributed by atoms with Crippen molar-refractivity contribution in [1.82, 2.24) is 10.2 Å². The minimum absolute atomic E-state index is 0.0206. The number of nitrogens with zero attached hydrogens (tertiary/aromatic N) is 1. The van der Waals surface area contributed by atoms with Gasteiger partial charge >= 0.3 is 0 Å². The van der Waals surface area contributed by atoms with E-state index >= 15 is 0 Å². The molecule has 0 aromatic rings. The van der Waals surface area contributed by atoms with Gasteiger partial charge < -0.3 is 10.2 Å². The molecule has 5 heteroatoms. The first kappa shape index (κ1) is 11.3. The quantitative estimate of drug-likeness (QED) is 0.681. The Balaban J connectivity index is 2.43. The highest BCUT2D eigenvalue weighted by Crippen LogP contribution is 2.10. The SMILES string of the molecule is CC(=O)N[C@@H]1CCCN(C(=O)CCl)C1. The Hall–Kier alpha value is -0.770. The summed E-state index contributed by atoms with van der Waals surface area (Å²) in [7, 11) is 0. The lowest BCUT2D eigenvalue weighted by Gasteiger charge is -2.32. The van der Waals surface area contributed by atoms with Crippen LogP contribution in [0.25, 0.3) is 0 Å². The summed E-state index contributed by atoms with van der Waals surface area (Å²) in [6, 6.07) is 0.0911. The number of alkyl halides is 1. The van der Waals surface area contributed by atoms with E-state index in [0.717, 1.165) is 19.4 Å². The van der Waals surface area contributed by atoms with Gasteiger partial charge in [0, 0.05) is 26.1 Å². The Morgan fingerprint density at radius 1 is 1.57 bits per heavy atom. The highest BCUT2D eigenvalue weighted by atomic mass is 35.5. The summed E-state index contributed by atoms with van der Waals surface area (Å²) < 4.78 is 0. The van der Waals surface area contributed by atoms with Crippen molar-refractivity contribution in [1.29, 1.82) is 0 Å². The maximum absolute atomic E-state index is 11.3. The highest BCUT2D eigenvalue weighted by Gasteiger charge is 2.23. The van der Waals surface area contributed by atoms with Crippen LogP contribution in [0.15, 0.2) is 0 Å². The lowest BCUT2D eigenvalue weighted by molar-refractivity contribution is -0.130. The van der Waals surface area contributed by atoms with E-state index in [0.29, 0.717) is 6.54 Å². The Morgan fingerprint density at radius 3 is 2.86 bits per heavy atom. The van der Waals surface area contributed by atoms with Crippen LogP contribution in [-0.2, 0) is 9.59 Å². The molecule has 0 aromatic carbocycles. The Morgan fingerprint density at radius 2 is 2.29 bits per heavy atom. The number of piperidine rings is 1. The summed E-state index contributed by atoms with van der Waals surface area (Å²) in [6.07, 6.45) is 1.86. The molecule has 1 aliphatic rings. The zero-order valence-electron chi connectivity index (χ0n) is 8.25. The number of amides is 2. The zero-order valence-corrected chi connectivity index (χ0v) is 9.01. The molecule has 0 unspecified atom stereocenters. The van der Waals surface area contributed by atoms with E-state index in [1.54, 1.807) is 4.90 Å². The fourth-order valence-electron chi connectivity index (χ4n) is 1.69. The third kappa shape index (κ3) is 3.18. The maximum Gasteiger partial charge on any atom is 0.237 e. The Bertz CT molecular complexity index is 233. The van der Waals surface area contributed by atoms with E-state index in [1.165, 1.54) is 6.92 Å². The van der Waals surface area contributed by atoms with E-state index < -0.39 is 0 Å². The van der Waals surface area contributed by atoms with Crippen LogP contribution >= 0.6 is 11.6 Å². The molecule has 0 radical (unpaired) electrons. The van der Waals surface area contributed by atoms with Crippen LogP contribution in [0.5, 0.6) is 0 Å². The first-order valence-electron chi connectivity index (χ1n) is 4.74. The van der Waals surface area contributed by atoms with Crippen LogP contribution in [0, 0.1) is 0 Å². The van der Waals surface area contributed by atoms with Gasteiger partial charge in [0.05, 0.1) is 0 Å². The van der Waals surface area contributed by atoms with Crippen molar-refractivity contribution in [3.8, 4) is 0 Å². The average Bonchev–Trinajstić information content (AvgIpc) is 2.16. The molecule has 1 fully saturated rings. The largest absolute Gasteiger partial charge is 0.352 e. The molecule has 1 atom stereocenters. The van der Waals surface area contributed by atoms with E-state index in [-0.39, 0.29) is 23.7 Å². The normalized spacial score (nSPS) is 21.9. The van der Waals surface area contributed by atoms with Gasteiger partial charge in [-0.3, -0.25) is 9.59 Å². The molecule has 80 valence electrons. The standard InChI is InChI=1S/C9H15ClN2O2/c1-7(13)11-8-3-2-4-12(6-8)9(14)5-10/h8H,2-6H2,1H3,(H,11,13)/t8-/m1/s1. The van der Waals surface area contributed by atoms with Crippen LogP contribution in [0.2, 0.25) is 0 Å². The van der Waals surface area contributed by atoms with Gasteiger partial charge in [-0.15, -0.1) is 11.6 Å². The van der Waals surface area contributed by atoms with Crippen molar-refractivity contribution in [3.05, 3.63) is 0 Å². The first-order chi connectivity index (χ1) is 6.63. The number of carbonyl (C=O) groups excluding carboxylic acids is 2. The van der Waals surface area contributed by atoms with E-state index in [2.05, 4.69) is 5.32 Å². The third-order valence-electron chi connectivity index (χ3n) is 2.30. The van der Waals surface area contributed by atoms with Gasteiger partial charge in [-0.1, -0.05) is 0 Å². The van der Waals surface area contributed by atoms with Crippen LogP contribution in [0.1, 0.15) is 19.8 Å². The Kier molecular flexibility index (Phi) is 4.20. The second-order valence-corrected chi connectivity index (χ2v) is 3.78. The lowest BCUT2D eigenvalue weighted by atomic mass is 10.1. The van der Waals surface area contributed by atoms with Crippen LogP contribution < -0.4 is 5.32 Å². The number of halogens is 1. The van der Waals surface area contributed by atoms with Gasteiger partial charge in [-0.2, -0.15) is 0 Å². The second-order valence-electron chi connectivity index (χ2n) is 3.51. The molecule has 1 N–H and O–H groups in total. The second kappa shape index (κ2) is 5.20. The van der Waals surface area contributed by atoms with Gasteiger partial charge in [0.1, 0.15) is 5.88 Å². The van der Waals surface area contributed by atoms with Crippen molar-refractivity contribution >= 4 is 23.4 Å². The van der Waals surface area contributed by atoms with Crippen molar-refractivity contribution in [3.63, 3.8) is 0 Å². The number of likely N-dealkylation sites (tertiary alicyclic amines) is 1. The predicted octanol–water partition coefficient (Wildman–Crippen LogP) is 0.352. The van der Waals surface area contributed by atoms with Crippen molar-refractivity contribution < 1.29 is 9.59 Å². The molecule has 4 nitrogen and oxygen atoms in total. The number of nitrogens with one attached hydrogen (secondary N) is 1. The third-order valence-corrected chi connectivity index (χ3v) is 2.52. The van der Waals surface area contributed by atoms with Gasteiger partial charge in [0.25, 0.3) is 0 Å². The molecule has 2 amide bonds. The lowest BCUT2D eigenvalue weighted by Crippen LogP contribution is -2.49. The van der Waals surface area contributed by atoms with Crippen LogP contribution in [-0.4, -0.2) is 41.7 Å². The molecule has 0 spiro atoms. The highest BCUT2D eigenvalue weighted by molar-refractivity contribution is 6.27. The molecular formula is C9H15ClN2O2. The minimum atomic E-state index is -0.0540. The molecule has 0 aromatic heterocycles. The summed E-state index contributed by atoms with van der Waals surface area (Å²) in [6.45, 7) is 2.83. The van der Waals surface area contributed by atoms with Crippen LogP contribution in [0.3, 0.4) is 0 Å². The zero-order chi connectivity index (χ0) is 10.6. The molecule has 14 heavy (non-hydrogen) atoms. The average molecular weight is 219 g/mol. The predicted molar refractivity (Wildman–Crippen MR) is 54.1 cm³/mol. The van der Waals surface area contributed by atoms with Gasteiger partial charge in [0.15, 0.2) is 0 Å². The summed E-state index contributed by atoms with van der Waals surface area (Å²) in [4.78, 5) is 23.8. The van der Waals surface area contributed by atoms with E-state index in [4.69, 9.17) is 11.6 Å². The van der Waals surface area contributed by atoms with E-state index in [9.17, 15) is 9.59 Å². The summed E-state index contributed by atoms with van der Waals surface area (Å²) in [5, 5.41) is 2.81. The molecule has 0 saturated carbocycles. The number of hydrogen-bond donors (Lipinski definition) is 1. The van der Waals surface area contributed by atoms with E-state index in [1.807, 2.05) is 0 Å². The molecule has 0 aliphatic carbocycles. The summed E-state index contributed by atoms with van der Waals surface area (Å²) in [5.74, 6) is -0.0795. The number of carbonyl (C=O) groups is 2. The first-order valence-corrected chi connectivity index (χ1v) is 5.27. The summed E-state index contributed by atoms with van der Waals surface area (Å²) in [5.41, 5.74) is 0. The summed E-state index contributed by atoms with van der Waals surface area (Å²) >= 11 is 5.46. The fourth-order valence-corrected chi connectivity index (χ4v) is 1.86. The van der Waals surface area contributed by atoms with Gasteiger partial charge in [-0.25, -0.2) is 0 Å². The molecular weight excluding hydrogens is 204 g/mol. The smallest absolute Gasteiger partial charge is 0.237 e.